The molecule has 0 heterocycles. The normalized spacial score (nSPS) is 15.0. The van der Waals surface area contributed by atoms with Gasteiger partial charge in [0.1, 0.15) is 42.3 Å². The minimum absolute atomic E-state index is 0.00360. The number of unbranched alkanes of at least 4 members (excludes halogenated alkanes) is 4. The molecule has 400 valence electrons. The van der Waals surface area contributed by atoms with Crippen LogP contribution in [0.2, 0.25) is 0 Å². The largest absolute Gasteiger partial charge is 0.480 e. The Kier molecular flexibility index (Phi) is 34.1. The first-order valence-electron chi connectivity index (χ1n) is 25.4. The SMILES string of the molecule is CC(C)C[C@H](NC(=O)[C@H](CC(C)C)NC(=O)[C@H](CCCCN)NC(=O)[C@H](CCCCN)NC(=O)[C@H](CC(C)C)NC(=O)[C@H](CC(C)C)NC(=O)[C@@H](N)CCCCN)C(=O)N[C@@H](CCCCN)C(=O)O. The van der Waals surface area contributed by atoms with Crippen LogP contribution >= 0.6 is 0 Å². The summed E-state index contributed by atoms with van der Waals surface area (Å²) in [5.74, 6) is -5.86. The number of hydrogen-bond donors (Lipinski definition) is 13. The van der Waals surface area contributed by atoms with E-state index in [0.717, 1.165) is 0 Å². The molecule has 8 atom stereocenters. The van der Waals surface area contributed by atoms with Crippen molar-refractivity contribution in [1.29, 1.82) is 0 Å². The van der Waals surface area contributed by atoms with Crippen LogP contribution in [0.1, 0.15) is 158 Å². The molecule has 7 amide bonds. The summed E-state index contributed by atoms with van der Waals surface area (Å²) in [5.41, 5.74) is 28.9. The molecule has 21 heteroatoms. The average Bonchev–Trinajstić information content (AvgIpc) is 3.26. The highest BCUT2D eigenvalue weighted by Gasteiger charge is 2.35. The molecule has 0 spiro atoms. The first-order valence-corrected chi connectivity index (χ1v) is 25.4. The third-order valence-corrected chi connectivity index (χ3v) is 11.4. The molecule has 69 heavy (non-hydrogen) atoms. The summed E-state index contributed by atoms with van der Waals surface area (Å²) in [6, 6.07) is -8.72. The molecular formula is C48H94N12O9. The predicted molar refractivity (Wildman–Crippen MR) is 269 cm³/mol. The number of carboxylic acid groups (broad SMARTS) is 1. The van der Waals surface area contributed by atoms with Crippen LogP contribution in [0, 0.1) is 23.7 Å². The van der Waals surface area contributed by atoms with Gasteiger partial charge in [-0.1, -0.05) is 61.8 Å². The fourth-order valence-electron chi connectivity index (χ4n) is 7.64. The zero-order valence-electron chi connectivity index (χ0n) is 43.2. The Morgan fingerprint density at radius 1 is 0.333 bits per heavy atom. The molecule has 0 aliphatic carbocycles. The van der Waals surface area contributed by atoms with E-state index in [1.165, 1.54) is 0 Å². The summed E-state index contributed by atoms with van der Waals surface area (Å²) in [7, 11) is 0. The maximum atomic E-state index is 14.2. The first kappa shape index (κ1) is 64.6. The molecule has 0 aliphatic heterocycles. The third-order valence-electron chi connectivity index (χ3n) is 11.4. The van der Waals surface area contributed by atoms with E-state index < -0.39 is 95.7 Å². The van der Waals surface area contributed by atoms with E-state index in [4.69, 9.17) is 28.7 Å². The molecule has 0 unspecified atom stereocenters. The molecule has 0 aromatic heterocycles. The fraction of sp³-hybridized carbons (Fsp3) is 0.833. The smallest absolute Gasteiger partial charge is 0.326 e. The molecule has 0 radical (unpaired) electrons. The van der Waals surface area contributed by atoms with Gasteiger partial charge >= 0.3 is 5.97 Å². The lowest BCUT2D eigenvalue weighted by atomic mass is 9.98. The lowest BCUT2D eigenvalue weighted by molar-refractivity contribution is -0.142. The maximum absolute atomic E-state index is 14.2. The molecule has 0 aliphatic rings. The second kappa shape index (κ2) is 36.5. The van der Waals surface area contributed by atoms with E-state index in [-0.39, 0.29) is 68.6 Å². The van der Waals surface area contributed by atoms with Crippen molar-refractivity contribution in [3.8, 4) is 0 Å². The summed E-state index contributed by atoms with van der Waals surface area (Å²) in [6.45, 7) is 16.5. The number of carbonyl (C=O) groups excluding carboxylic acids is 7. The van der Waals surface area contributed by atoms with Crippen molar-refractivity contribution in [1.82, 2.24) is 37.2 Å². The summed E-state index contributed by atoms with van der Waals surface area (Å²) in [6.07, 6.45) is 6.00. The van der Waals surface area contributed by atoms with E-state index in [9.17, 15) is 43.5 Å². The number of carbonyl (C=O) groups is 8. The lowest BCUT2D eigenvalue weighted by Gasteiger charge is -2.29. The Hall–Kier alpha value is -4.44. The van der Waals surface area contributed by atoms with Crippen molar-refractivity contribution >= 4 is 47.3 Å². The van der Waals surface area contributed by atoms with Crippen molar-refractivity contribution in [2.45, 2.75) is 206 Å². The molecule has 0 rings (SSSR count). The number of nitrogens with one attached hydrogen (secondary N) is 7. The van der Waals surface area contributed by atoms with Crippen LogP contribution in [0.5, 0.6) is 0 Å². The molecular weight excluding hydrogens is 889 g/mol. The number of carboxylic acids is 1. The standard InChI is InChI=1S/C48H94N12O9/c1-29(2)25-37(57-41(61)33(53)17-9-13-21-49)46(66)59-38(26-30(3)4)44(64)55-34(18-10-14-22-50)42(62)54-35(19-11-15-23-51)43(63)58-40(28-32(7)8)47(67)60-39(27-31(5)6)45(65)56-36(48(68)69)20-12-16-24-52/h29-40H,9-28,49-53H2,1-8H3,(H,54,62)(H,55,64)(H,56,65)(H,57,61)(H,58,63)(H,59,66)(H,60,67)(H,68,69)/t33-,34-,35-,36-,37-,38-,39-,40-/m0/s1. The highest BCUT2D eigenvalue weighted by molar-refractivity contribution is 5.97. The van der Waals surface area contributed by atoms with Crippen LogP contribution in [0.15, 0.2) is 0 Å². The Bertz CT molecular complexity index is 1550. The van der Waals surface area contributed by atoms with E-state index in [0.29, 0.717) is 84.0 Å². The molecule has 0 aromatic rings. The highest BCUT2D eigenvalue weighted by Crippen LogP contribution is 2.14. The zero-order chi connectivity index (χ0) is 52.6. The quantitative estimate of drug-likeness (QED) is 0.0373. The Labute approximate surface area is 412 Å². The van der Waals surface area contributed by atoms with Crippen LogP contribution in [0.4, 0.5) is 0 Å². The molecule has 0 aromatic carbocycles. The predicted octanol–water partition coefficient (Wildman–Crippen LogP) is 0.492. The van der Waals surface area contributed by atoms with Crippen molar-refractivity contribution in [3.05, 3.63) is 0 Å². The van der Waals surface area contributed by atoms with Crippen LogP contribution < -0.4 is 65.9 Å². The highest BCUT2D eigenvalue weighted by atomic mass is 16.4. The minimum Gasteiger partial charge on any atom is -0.480 e. The molecule has 18 N–H and O–H groups in total. The zero-order valence-corrected chi connectivity index (χ0v) is 43.2. The topological polar surface area (TPSA) is 371 Å². The van der Waals surface area contributed by atoms with E-state index in [1.807, 2.05) is 55.4 Å². The molecule has 21 nitrogen and oxygen atoms in total. The van der Waals surface area contributed by atoms with Crippen LogP contribution in [-0.2, 0) is 38.4 Å². The van der Waals surface area contributed by atoms with Gasteiger partial charge in [0.2, 0.25) is 41.4 Å². The Morgan fingerprint density at radius 3 is 0.812 bits per heavy atom. The van der Waals surface area contributed by atoms with Crippen molar-refractivity contribution in [3.63, 3.8) is 0 Å². The van der Waals surface area contributed by atoms with Gasteiger partial charge in [0.15, 0.2) is 0 Å². The monoisotopic (exact) mass is 983 g/mol. The first-order chi connectivity index (χ1) is 32.5. The second-order valence-electron chi connectivity index (χ2n) is 20.0. The number of hydrogen-bond acceptors (Lipinski definition) is 13. The summed E-state index contributed by atoms with van der Waals surface area (Å²) in [4.78, 5) is 109. The van der Waals surface area contributed by atoms with Gasteiger partial charge in [0, 0.05) is 0 Å². The van der Waals surface area contributed by atoms with E-state index >= 15 is 0 Å². The molecule has 0 bridgehead atoms. The molecule has 0 fully saturated rings. The van der Waals surface area contributed by atoms with Gasteiger partial charge in [-0.25, -0.2) is 4.79 Å². The van der Waals surface area contributed by atoms with Gasteiger partial charge < -0.3 is 71.0 Å². The number of rotatable bonds is 39. The summed E-state index contributed by atoms with van der Waals surface area (Å²) < 4.78 is 0. The summed E-state index contributed by atoms with van der Waals surface area (Å²) in [5, 5.41) is 29.1. The maximum Gasteiger partial charge on any atom is 0.326 e. The minimum atomic E-state index is -1.21. The van der Waals surface area contributed by atoms with Gasteiger partial charge in [-0.2, -0.15) is 0 Å². The van der Waals surface area contributed by atoms with Crippen LogP contribution in [0.25, 0.3) is 0 Å². The van der Waals surface area contributed by atoms with Crippen LogP contribution in [0.3, 0.4) is 0 Å². The fourth-order valence-corrected chi connectivity index (χ4v) is 7.64. The average molecular weight is 983 g/mol. The van der Waals surface area contributed by atoms with Gasteiger partial charge in [-0.3, -0.25) is 33.6 Å². The van der Waals surface area contributed by atoms with Gasteiger partial charge in [0.05, 0.1) is 6.04 Å². The number of nitrogens with two attached hydrogens (primary N) is 5. The van der Waals surface area contributed by atoms with Crippen molar-refractivity contribution < 1.29 is 43.5 Å². The Morgan fingerprint density at radius 2 is 0.551 bits per heavy atom. The van der Waals surface area contributed by atoms with Gasteiger partial charge in [-0.05, 0) is 146 Å². The Balaban J connectivity index is 6.61. The molecule has 0 saturated heterocycles. The lowest BCUT2D eigenvalue weighted by Crippen LogP contribution is -2.60. The second-order valence-corrected chi connectivity index (χ2v) is 20.0. The van der Waals surface area contributed by atoms with Gasteiger partial charge in [-0.15, -0.1) is 0 Å². The van der Waals surface area contributed by atoms with Crippen LogP contribution in [-0.4, -0.2) is 127 Å². The van der Waals surface area contributed by atoms with E-state index in [1.54, 1.807) is 0 Å². The van der Waals surface area contributed by atoms with Crippen molar-refractivity contribution in [2.75, 3.05) is 26.2 Å². The number of amides is 7. The van der Waals surface area contributed by atoms with Crippen molar-refractivity contribution in [2.24, 2.45) is 52.3 Å². The third kappa shape index (κ3) is 28.7. The molecule has 0 saturated carbocycles. The summed E-state index contributed by atoms with van der Waals surface area (Å²) >= 11 is 0. The van der Waals surface area contributed by atoms with E-state index in [2.05, 4.69) is 37.2 Å². The number of aliphatic carboxylic acids is 1. The van der Waals surface area contributed by atoms with Gasteiger partial charge in [0.25, 0.3) is 0 Å².